The molecule has 2 aromatic carbocycles. The van der Waals surface area contributed by atoms with E-state index in [1.165, 1.54) is 33.7 Å². The lowest BCUT2D eigenvalue weighted by Crippen LogP contribution is -2.28. The molecule has 0 unspecified atom stereocenters. The molecule has 1 N–H and O–H groups in total. The predicted molar refractivity (Wildman–Crippen MR) is 121 cm³/mol. The van der Waals surface area contributed by atoms with Gasteiger partial charge in [0.1, 0.15) is 18.1 Å². The maximum atomic E-state index is 12.6. The summed E-state index contributed by atoms with van der Waals surface area (Å²) in [6.45, 7) is 2.51. The maximum absolute atomic E-state index is 12.6. The van der Waals surface area contributed by atoms with Crippen molar-refractivity contribution in [3.63, 3.8) is 0 Å². The van der Waals surface area contributed by atoms with Crippen LogP contribution in [0.25, 0.3) is 11.3 Å². The number of para-hydroxylation sites is 1. The van der Waals surface area contributed by atoms with Crippen LogP contribution in [0.2, 0.25) is 0 Å². The Hall–Kier alpha value is -3.78. The number of thiazole rings is 1. The van der Waals surface area contributed by atoms with Crippen LogP contribution in [0.4, 0.5) is 5.13 Å². The molecule has 0 saturated carbocycles. The van der Waals surface area contributed by atoms with Crippen molar-refractivity contribution in [3.05, 3.63) is 93.7 Å². The van der Waals surface area contributed by atoms with Crippen LogP contribution < -0.4 is 15.6 Å². The van der Waals surface area contributed by atoms with Crippen molar-refractivity contribution >= 4 is 22.4 Å². The Balaban J connectivity index is 1.41. The number of aromatic nitrogens is 3. The fourth-order valence-corrected chi connectivity index (χ4v) is 3.56. The fraction of sp³-hybridized carbons (Fsp3) is 0.130. The number of aryl methyl sites for hydroxylation is 1. The minimum absolute atomic E-state index is 0.131. The molecule has 0 aliphatic rings. The Morgan fingerprint density at radius 3 is 2.61 bits per heavy atom. The van der Waals surface area contributed by atoms with Crippen molar-refractivity contribution in [2.24, 2.45) is 0 Å². The zero-order chi connectivity index (χ0) is 21.6. The van der Waals surface area contributed by atoms with Crippen LogP contribution in [0.5, 0.6) is 5.75 Å². The second-order valence-electron chi connectivity index (χ2n) is 6.80. The number of carbonyl (C=O) groups excluding carboxylic acids is 1. The molecule has 0 spiro atoms. The van der Waals surface area contributed by atoms with Crippen molar-refractivity contribution in [2.75, 3.05) is 11.9 Å². The SMILES string of the molecule is Cc1ccc(-c2csc(NC(=O)c3ccc(=O)n(CCOc4ccccc4)n3)n2)cc1. The number of nitrogens with one attached hydrogen (secondary N) is 1. The van der Waals surface area contributed by atoms with E-state index >= 15 is 0 Å². The smallest absolute Gasteiger partial charge is 0.277 e. The molecule has 0 aliphatic heterocycles. The van der Waals surface area contributed by atoms with Gasteiger partial charge in [0.2, 0.25) is 0 Å². The zero-order valence-corrected chi connectivity index (χ0v) is 17.6. The molecular weight excluding hydrogens is 412 g/mol. The van der Waals surface area contributed by atoms with Gasteiger partial charge in [-0.2, -0.15) is 5.10 Å². The van der Waals surface area contributed by atoms with Gasteiger partial charge in [0, 0.05) is 17.0 Å². The lowest BCUT2D eigenvalue weighted by atomic mass is 10.1. The van der Waals surface area contributed by atoms with Crippen molar-refractivity contribution in [3.8, 4) is 17.0 Å². The summed E-state index contributed by atoms with van der Waals surface area (Å²) in [6.07, 6.45) is 0. The summed E-state index contributed by atoms with van der Waals surface area (Å²) < 4.78 is 6.82. The number of hydrogen-bond donors (Lipinski definition) is 1. The lowest BCUT2D eigenvalue weighted by molar-refractivity contribution is 0.101. The first kappa shape index (κ1) is 20.5. The summed E-state index contributed by atoms with van der Waals surface area (Å²) in [5.41, 5.74) is 2.77. The number of carbonyl (C=O) groups is 1. The van der Waals surface area contributed by atoms with E-state index in [2.05, 4.69) is 15.4 Å². The van der Waals surface area contributed by atoms with E-state index in [0.29, 0.717) is 10.9 Å². The second-order valence-corrected chi connectivity index (χ2v) is 7.66. The molecule has 0 aliphatic carbocycles. The number of anilines is 1. The monoisotopic (exact) mass is 432 g/mol. The molecule has 7 nitrogen and oxygen atoms in total. The van der Waals surface area contributed by atoms with Gasteiger partial charge in [0.05, 0.1) is 12.2 Å². The van der Waals surface area contributed by atoms with E-state index in [0.717, 1.165) is 11.3 Å². The third kappa shape index (κ3) is 5.23. The van der Waals surface area contributed by atoms with E-state index in [1.807, 2.05) is 66.9 Å². The first-order chi connectivity index (χ1) is 15.1. The zero-order valence-electron chi connectivity index (χ0n) is 16.8. The fourth-order valence-electron chi connectivity index (χ4n) is 2.85. The van der Waals surface area contributed by atoms with E-state index < -0.39 is 5.91 Å². The van der Waals surface area contributed by atoms with Gasteiger partial charge in [0.15, 0.2) is 5.13 Å². The normalized spacial score (nSPS) is 10.6. The van der Waals surface area contributed by atoms with Gasteiger partial charge in [-0.05, 0) is 25.1 Å². The van der Waals surface area contributed by atoms with Crippen LogP contribution in [0.15, 0.2) is 76.9 Å². The average molecular weight is 433 g/mol. The molecule has 31 heavy (non-hydrogen) atoms. The van der Waals surface area contributed by atoms with Crippen molar-refractivity contribution in [2.45, 2.75) is 13.5 Å². The van der Waals surface area contributed by atoms with Gasteiger partial charge in [-0.25, -0.2) is 9.67 Å². The van der Waals surface area contributed by atoms with Crippen LogP contribution >= 0.6 is 11.3 Å². The van der Waals surface area contributed by atoms with Crippen molar-refractivity contribution in [1.82, 2.24) is 14.8 Å². The summed E-state index contributed by atoms with van der Waals surface area (Å²) in [7, 11) is 0. The molecule has 4 rings (SSSR count). The number of benzene rings is 2. The Kier molecular flexibility index (Phi) is 6.18. The highest BCUT2D eigenvalue weighted by Gasteiger charge is 2.13. The van der Waals surface area contributed by atoms with Gasteiger partial charge < -0.3 is 4.74 Å². The molecule has 4 aromatic rings. The molecular formula is C23H20N4O3S. The first-order valence-electron chi connectivity index (χ1n) is 9.68. The van der Waals surface area contributed by atoms with Gasteiger partial charge in [-0.15, -0.1) is 11.3 Å². The first-order valence-corrected chi connectivity index (χ1v) is 10.6. The summed E-state index contributed by atoms with van der Waals surface area (Å²) in [6, 6.07) is 20.0. The number of ether oxygens (including phenoxy) is 1. The summed E-state index contributed by atoms with van der Waals surface area (Å²) in [5, 5.41) is 9.26. The summed E-state index contributed by atoms with van der Waals surface area (Å²) >= 11 is 1.33. The third-order valence-electron chi connectivity index (χ3n) is 4.49. The number of nitrogens with zero attached hydrogens (tertiary/aromatic N) is 3. The Labute approximate surface area is 183 Å². The molecule has 2 heterocycles. The standard InChI is InChI=1S/C23H20N4O3S/c1-16-7-9-17(10-8-16)20-15-31-23(24-20)25-22(29)19-11-12-21(28)27(26-19)13-14-30-18-5-3-2-4-6-18/h2-12,15H,13-14H2,1H3,(H,24,25,29). The number of rotatable bonds is 7. The van der Waals surface area contributed by atoms with Crippen LogP contribution in [0.1, 0.15) is 16.1 Å². The van der Waals surface area contributed by atoms with Gasteiger partial charge in [-0.1, -0.05) is 48.0 Å². The van der Waals surface area contributed by atoms with Crippen molar-refractivity contribution < 1.29 is 9.53 Å². The van der Waals surface area contributed by atoms with E-state index in [1.54, 1.807) is 0 Å². The molecule has 0 atom stereocenters. The average Bonchev–Trinajstić information content (AvgIpc) is 3.24. The predicted octanol–water partition coefficient (Wildman–Crippen LogP) is 4.01. The van der Waals surface area contributed by atoms with E-state index in [4.69, 9.17) is 4.74 Å². The summed E-state index contributed by atoms with van der Waals surface area (Å²) in [4.78, 5) is 29.2. The van der Waals surface area contributed by atoms with Gasteiger partial charge in [-0.3, -0.25) is 14.9 Å². The largest absolute Gasteiger partial charge is 0.492 e. The highest BCUT2D eigenvalue weighted by atomic mass is 32.1. The van der Waals surface area contributed by atoms with E-state index in [9.17, 15) is 9.59 Å². The molecule has 0 fully saturated rings. The number of hydrogen-bond acceptors (Lipinski definition) is 6. The van der Waals surface area contributed by atoms with Crippen LogP contribution in [-0.2, 0) is 6.54 Å². The van der Waals surface area contributed by atoms with Crippen LogP contribution in [0, 0.1) is 6.92 Å². The Morgan fingerprint density at radius 2 is 1.84 bits per heavy atom. The molecule has 156 valence electrons. The highest BCUT2D eigenvalue weighted by molar-refractivity contribution is 7.14. The lowest BCUT2D eigenvalue weighted by Gasteiger charge is -2.08. The van der Waals surface area contributed by atoms with E-state index in [-0.39, 0.29) is 24.4 Å². The quantitative estimate of drug-likeness (QED) is 0.477. The summed E-state index contributed by atoms with van der Waals surface area (Å²) in [5.74, 6) is 0.278. The van der Waals surface area contributed by atoms with Crippen LogP contribution in [0.3, 0.4) is 0 Å². The minimum atomic E-state index is -0.428. The molecule has 0 radical (unpaired) electrons. The molecule has 8 heteroatoms. The molecule has 2 aromatic heterocycles. The number of amides is 1. The van der Waals surface area contributed by atoms with Crippen LogP contribution in [-0.4, -0.2) is 27.3 Å². The Bertz CT molecular complexity index is 1230. The maximum Gasteiger partial charge on any atom is 0.277 e. The molecule has 0 saturated heterocycles. The van der Waals surface area contributed by atoms with Gasteiger partial charge >= 0.3 is 0 Å². The minimum Gasteiger partial charge on any atom is -0.492 e. The third-order valence-corrected chi connectivity index (χ3v) is 5.24. The highest BCUT2D eigenvalue weighted by Crippen LogP contribution is 2.25. The Morgan fingerprint density at radius 1 is 1.06 bits per heavy atom. The molecule has 1 amide bonds. The van der Waals surface area contributed by atoms with Crippen molar-refractivity contribution in [1.29, 1.82) is 0 Å². The second kappa shape index (κ2) is 9.36. The van der Waals surface area contributed by atoms with Gasteiger partial charge in [0.25, 0.3) is 11.5 Å². The molecule has 0 bridgehead atoms. The topological polar surface area (TPSA) is 86.1 Å².